The van der Waals surface area contributed by atoms with Gasteiger partial charge in [-0.25, -0.2) is 0 Å². The van der Waals surface area contributed by atoms with Gasteiger partial charge >= 0.3 is 5.97 Å². The van der Waals surface area contributed by atoms with Gasteiger partial charge in [0.15, 0.2) is 0 Å². The van der Waals surface area contributed by atoms with Crippen LogP contribution in [0.25, 0.3) is 0 Å². The van der Waals surface area contributed by atoms with Gasteiger partial charge in [-0.3, -0.25) is 9.59 Å². The molecule has 0 radical (unpaired) electrons. The number of amides is 1. The van der Waals surface area contributed by atoms with Crippen LogP contribution in [0.2, 0.25) is 0 Å². The third kappa shape index (κ3) is 3.59. The number of hydrogen-bond acceptors (Lipinski definition) is 3. The SMILES string of the molecule is COC(=O)CCCC(=O)N1CCC(=C2CC2)CC1. The van der Waals surface area contributed by atoms with E-state index in [4.69, 9.17) is 0 Å². The first-order valence-electron chi connectivity index (χ1n) is 6.75. The zero-order chi connectivity index (χ0) is 13.0. The molecule has 2 aliphatic rings. The van der Waals surface area contributed by atoms with Crippen LogP contribution < -0.4 is 0 Å². The molecule has 1 aliphatic heterocycles. The number of allylic oxidation sites excluding steroid dienone is 1. The van der Waals surface area contributed by atoms with Crippen molar-refractivity contribution in [3.8, 4) is 0 Å². The van der Waals surface area contributed by atoms with Crippen molar-refractivity contribution in [1.29, 1.82) is 0 Å². The number of methoxy groups -OCH3 is 1. The van der Waals surface area contributed by atoms with Gasteiger partial charge in [0.05, 0.1) is 7.11 Å². The summed E-state index contributed by atoms with van der Waals surface area (Å²) in [7, 11) is 1.38. The van der Waals surface area contributed by atoms with Gasteiger partial charge in [-0.2, -0.15) is 0 Å². The fourth-order valence-electron chi connectivity index (χ4n) is 2.44. The van der Waals surface area contributed by atoms with Crippen molar-refractivity contribution < 1.29 is 14.3 Å². The molecule has 2 fully saturated rings. The molecule has 0 atom stereocenters. The number of carbonyl (C=O) groups excluding carboxylic acids is 2. The summed E-state index contributed by atoms with van der Waals surface area (Å²) in [4.78, 5) is 24.8. The van der Waals surface area contributed by atoms with E-state index in [-0.39, 0.29) is 11.9 Å². The van der Waals surface area contributed by atoms with Gasteiger partial charge in [-0.05, 0) is 32.1 Å². The van der Waals surface area contributed by atoms with Crippen molar-refractivity contribution in [3.05, 3.63) is 11.1 Å². The Morgan fingerprint density at radius 2 is 1.67 bits per heavy atom. The summed E-state index contributed by atoms with van der Waals surface area (Å²) in [6.45, 7) is 1.71. The van der Waals surface area contributed by atoms with E-state index < -0.39 is 0 Å². The highest BCUT2D eigenvalue weighted by Crippen LogP contribution is 2.36. The van der Waals surface area contributed by atoms with E-state index in [1.807, 2.05) is 4.90 Å². The van der Waals surface area contributed by atoms with Gasteiger partial charge in [-0.15, -0.1) is 0 Å². The van der Waals surface area contributed by atoms with E-state index in [0.29, 0.717) is 19.3 Å². The monoisotopic (exact) mass is 251 g/mol. The summed E-state index contributed by atoms with van der Waals surface area (Å²) in [6.07, 6.45) is 6.06. The number of esters is 1. The van der Waals surface area contributed by atoms with Crippen molar-refractivity contribution in [2.24, 2.45) is 0 Å². The van der Waals surface area contributed by atoms with Gasteiger partial charge in [-0.1, -0.05) is 11.1 Å². The predicted molar refractivity (Wildman–Crippen MR) is 67.9 cm³/mol. The molecule has 1 aliphatic carbocycles. The molecule has 1 heterocycles. The first-order chi connectivity index (χ1) is 8.70. The summed E-state index contributed by atoms with van der Waals surface area (Å²) < 4.78 is 4.55. The Bertz CT molecular complexity index is 357. The second-order valence-electron chi connectivity index (χ2n) is 5.02. The fraction of sp³-hybridized carbons (Fsp3) is 0.714. The lowest BCUT2D eigenvalue weighted by atomic mass is 10.0. The molecule has 18 heavy (non-hydrogen) atoms. The minimum absolute atomic E-state index is 0.179. The zero-order valence-corrected chi connectivity index (χ0v) is 11.0. The average molecular weight is 251 g/mol. The van der Waals surface area contributed by atoms with Gasteiger partial charge < -0.3 is 9.64 Å². The summed E-state index contributed by atoms with van der Waals surface area (Å²) in [5.41, 5.74) is 3.22. The van der Waals surface area contributed by atoms with Gasteiger partial charge in [0.1, 0.15) is 0 Å². The lowest BCUT2D eigenvalue weighted by Gasteiger charge is -2.28. The van der Waals surface area contributed by atoms with Crippen LogP contribution in [-0.2, 0) is 14.3 Å². The summed E-state index contributed by atoms with van der Waals surface area (Å²) in [6, 6.07) is 0. The highest BCUT2D eigenvalue weighted by molar-refractivity contribution is 5.77. The molecule has 4 nitrogen and oxygen atoms in total. The summed E-state index contributed by atoms with van der Waals surface area (Å²) in [5, 5.41) is 0. The maximum absolute atomic E-state index is 11.9. The number of rotatable bonds is 4. The van der Waals surface area contributed by atoms with Crippen LogP contribution >= 0.6 is 0 Å². The first kappa shape index (κ1) is 13.1. The Morgan fingerprint density at radius 3 is 2.22 bits per heavy atom. The zero-order valence-electron chi connectivity index (χ0n) is 11.0. The third-order valence-corrected chi connectivity index (χ3v) is 3.72. The molecule has 0 spiro atoms. The number of carbonyl (C=O) groups is 2. The maximum Gasteiger partial charge on any atom is 0.305 e. The molecule has 0 bridgehead atoms. The normalized spacial score (nSPS) is 18.8. The second kappa shape index (κ2) is 6.03. The summed E-state index contributed by atoms with van der Waals surface area (Å²) in [5.74, 6) is -0.0547. The topological polar surface area (TPSA) is 46.6 Å². The van der Waals surface area contributed by atoms with Crippen LogP contribution in [0.4, 0.5) is 0 Å². The maximum atomic E-state index is 11.9. The second-order valence-corrected chi connectivity index (χ2v) is 5.02. The molecular formula is C14H21NO3. The number of hydrogen-bond donors (Lipinski definition) is 0. The number of likely N-dealkylation sites (tertiary alicyclic amines) is 1. The lowest BCUT2D eigenvalue weighted by molar-refractivity contribution is -0.140. The lowest BCUT2D eigenvalue weighted by Crippen LogP contribution is -2.36. The van der Waals surface area contributed by atoms with E-state index in [0.717, 1.165) is 25.9 Å². The molecule has 0 unspecified atom stereocenters. The van der Waals surface area contributed by atoms with Crippen LogP contribution in [0, 0.1) is 0 Å². The Hall–Kier alpha value is -1.32. The molecule has 0 aromatic heterocycles. The van der Waals surface area contributed by atoms with Gasteiger partial charge in [0.25, 0.3) is 0 Å². The molecule has 2 rings (SSSR count). The molecule has 1 saturated heterocycles. The Labute approximate surface area is 108 Å². The minimum atomic E-state index is -0.234. The van der Waals surface area contributed by atoms with Crippen molar-refractivity contribution in [2.45, 2.75) is 44.9 Å². The molecule has 0 aromatic carbocycles. The number of ether oxygens (including phenoxy) is 1. The Morgan fingerprint density at radius 1 is 1.06 bits per heavy atom. The van der Waals surface area contributed by atoms with Crippen LogP contribution in [0.1, 0.15) is 44.9 Å². The molecule has 4 heteroatoms. The first-order valence-corrected chi connectivity index (χ1v) is 6.75. The molecule has 0 N–H and O–H groups in total. The van der Waals surface area contributed by atoms with Gasteiger partial charge in [0, 0.05) is 25.9 Å². The van der Waals surface area contributed by atoms with E-state index in [1.165, 1.54) is 20.0 Å². The predicted octanol–water partition coefficient (Wildman–Crippen LogP) is 2.04. The fourth-order valence-corrected chi connectivity index (χ4v) is 2.44. The van der Waals surface area contributed by atoms with Crippen molar-refractivity contribution in [3.63, 3.8) is 0 Å². The van der Waals surface area contributed by atoms with E-state index in [2.05, 4.69) is 4.74 Å². The third-order valence-electron chi connectivity index (χ3n) is 3.72. The smallest absolute Gasteiger partial charge is 0.305 e. The largest absolute Gasteiger partial charge is 0.469 e. The highest BCUT2D eigenvalue weighted by Gasteiger charge is 2.24. The highest BCUT2D eigenvalue weighted by atomic mass is 16.5. The Kier molecular flexibility index (Phi) is 4.39. The summed E-state index contributed by atoms with van der Waals surface area (Å²) >= 11 is 0. The minimum Gasteiger partial charge on any atom is -0.469 e. The standard InChI is InChI=1S/C14H21NO3/c1-18-14(17)4-2-3-13(16)15-9-7-12(8-10-15)11-5-6-11/h2-10H2,1H3. The van der Waals surface area contributed by atoms with Crippen LogP contribution in [0.5, 0.6) is 0 Å². The van der Waals surface area contributed by atoms with Crippen molar-refractivity contribution in [1.82, 2.24) is 4.90 Å². The van der Waals surface area contributed by atoms with Crippen LogP contribution in [0.3, 0.4) is 0 Å². The van der Waals surface area contributed by atoms with E-state index >= 15 is 0 Å². The Balaban J connectivity index is 1.67. The van der Waals surface area contributed by atoms with Crippen LogP contribution in [0.15, 0.2) is 11.1 Å². The molecule has 1 amide bonds. The van der Waals surface area contributed by atoms with Crippen molar-refractivity contribution in [2.75, 3.05) is 20.2 Å². The van der Waals surface area contributed by atoms with Crippen molar-refractivity contribution >= 4 is 11.9 Å². The quantitative estimate of drug-likeness (QED) is 0.567. The van der Waals surface area contributed by atoms with E-state index in [1.54, 1.807) is 11.1 Å². The molecule has 100 valence electrons. The molecular weight excluding hydrogens is 230 g/mol. The molecule has 1 saturated carbocycles. The van der Waals surface area contributed by atoms with E-state index in [9.17, 15) is 9.59 Å². The van der Waals surface area contributed by atoms with Crippen LogP contribution in [-0.4, -0.2) is 37.0 Å². The van der Waals surface area contributed by atoms with Gasteiger partial charge in [0.2, 0.25) is 5.91 Å². The number of nitrogens with zero attached hydrogens (tertiary/aromatic N) is 1. The molecule has 0 aromatic rings. The average Bonchev–Trinajstić information content (AvgIpc) is 3.23. The number of piperidine rings is 1.